The van der Waals surface area contributed by atoms with E-state index in [-0.39, 0.29) is 10.3 Å². The van der Waals surface area contributed by atoms with Crippen molar-refractivity contribution in [2.45, 2.75) is 17.1 Å². The predicted molar refractivity (Wildman–Crippen MR) is 112 cm³/mol. The van der Waals surface area contributed by atoms with Crippen molar-refractivity contribution in [3.05, 3.63) is 59.1 Å². The van der Waals surface area contributed by atoms with Crippen LogP contribution in [0.4, 0.5) is 18.9 Å². The van der Waals surface area contributed by atoms with E-state index >= 15 is 0 Å². The number of hydroxylamine groups is 2. The summed E-state index contributed by atoms with van der Waals surface area (Å²) in [7, 11) is -4.27. The first kappa shape index (κ1) is 22.8. The number of thiophene rings is 1. The largest absolute Gasteiger partial charge is 0.433 e. The van der Waals surface area contributed by atoms with Gasteiger partial charge in [-0.05, 0) is 23.1 Å². The Balaban J connectivity index is 1.64. The van der Waals surface area contributed by atoms with Gasteiger partial charge >= 0.3 is 6.18 Å². The smallest absolute Gasteiger partial charge is 0.369 e. The Kier molecular flexibility index (Phi) is 6.07. The van der Waals surface area contributed by atoms with E-state index in [1.807, 2.05) is 0 Å². The molecular formula is C20H19F3N3O4S2+. The summed E-state index contributed by atoms with van der Waals surface area (Å²) >= 11 is 1.15. The summed E-state index contributed by atoms with van der Waals surface area (Å²) in [5, 5.41) is 11.5. The van der Waals surface area contributed by atoms with Gasteiger partial charge < -0.3 is 4.74 Å². The van der Waals surface area contributed by atoms with Crippen LogP contribution in [0.3, 0.4) is 0 Å². The molecule has 1 aliphatic rings. The quantitative estimate of drug-likeness (QED) is 0.434. The molecule has 0 saturated carbocycles. The Bertz CT molecular complexity index is 1190. The Labute approximate surface area is 186 Å². The molecule has 0 bridgehead atoms. The van der Waals surface area contributed by atoms with E-state index < -0.39 is 32.6 Å². The van der Waals surface area contributed by atoms with Gasteiger partial charge in [0.2, 0.25) is 15.0 Å². The Morgan fingerprint density at radius 2 is 1.78 bits per heavy atom. The van der Waals surface area contributed by atoms with Crippen molar-refractivity contribution in [2.75, 3.05) is 26.3 Å². The second-order valence-electron chi connectivity index (χ2n) is 7.30. The van der Waals surface area contributed by atoms with E-state index in [9.17, 15) is 26.8 Å². The molecule has 0 aliphatic carbocycles. The summed E-state index contributed by atoms with van der Waals surface area (Å²) in [4.78, 5) is 7.63. The summed E-state index contributed by atoms with van der Waals surface area (Å²) in [5.41, 5.74) is -0.504. The van der Waals surface area contributed by atoms with E-state index in [2.05, 4.69) is 9.97 Å². The van der Waals surface area contributed by atoms with Gasteiger partial charge in [-0.2, -0.15) is 13.2 Å². The highest BCUT2D eigenvalue weighted by atomic mass is 32.2. The fraction of sp³-hybridized carbons (Fsp3) is 0.300. The van der Waals surface area contributed by atoms with Crippen LogP contribution in [0.1, 0.15) is 11.3 Å². The first-order chi connectivity index (χ1) is 15.1. The highest BCUT2D eigenvalue weighted by molar-refractivity contribution is 7.90. The predicted octanol–water partition coefficient (Wildman–Crippen LogP) is 3.92. The SMILES string of the molecule is O=S(=O)(Cc1ccc([N+]2(O)CCOCC2)cc1)c1nc(-c2cccs2)cc(C(F)(F)F)n1. The van der Waals surface area contributed by atoms with E-state index in [1.165, 1.54) is 12.1 Å². The standard InChI is InChI=1S/C20H19F3N3O4S2/c21-20(22,23)18-12-16(17-2-1-11-31-17)24-19(25-18)32(28,29)13-14-3-5-15(6-4-14)26(27)7-9-30-10-8-26/h1-6,11-12,27H,7-10,13H2/q+1. The van der Waals surface area contributed by atoms with Crippen LogP contribution in [-0.4, -0.2) is 49.9 Å². The topological polar surface area (TPSA) is 89.4 Å². The molecular weight excluding hydrogens is 467 g/mol. The first-order valence-electron chi connectivity index (χ1n) is 9.57. The van der Waals surface area contributed by atoms with Gasteiger partial charge in [0.1, 0.15) is 18.8 Å². The average molecular weight is 487 g/mol. The first-order valence-corrected chi connectivity index (χ1v) is 12.1. The lowest BCUT2D eigenvalue weighted by molar-refractivity contribution is -0.141. The van der Waals surface area contributed by atoms with Gasteiger partial charge in [-0.25, -0.2) is 23.6 Å². The third-order valence-corrected chi connectivity index (χ3v) is 7.38. The summed E-state index contributed by atoms with van der Waals surface area (Å²) in [6, 6.07) is 10.2. The third kappa shape index (κ3) is 4.84. The molecule has 0 radical (unpaired) electrons. The number of alkyl halides is 3. The summed E-state index contributed by atoms with van der Waals surface area (Å²) < 4.78 is 70.7. The second-order valence-corrected chi connectivity index (χ2v) is 10.1. The van der Waals surface area contributed by atoms with Crippen LogP contribution in [-0.2, 0) is 26.5 Å². The molecule has 0 atom stereocenters. The van der Waals surface area contributed by atoms with Crippen LogP contribution in [0.5, 0.6) is 0 Å². The van der Waals surface area contributed by atoms with Gasteiger partial charge in [-0.3, -0.25) is 0 Å². The molecule has 0 amide bonds. The van der Waals surface area contributed by atoms with Crippen molar-refractivity contribution < 1.29 is 31.5 Å². The minimum absolute atomic E-state index is 0.102. The van der Waals surface area contributed by atoms with Gasteiger partial charge in [0, 0.05) is 12.1 Å². The number of hydrogen-bond donors (Lipinski definition) is 1. The fourth-order valence-electron chi connectivity index (χ4n) is 3.32. The number of rotatable bonds is 5. The summed E-state index contributed by atoms with van der Waals surface area (Å²) in [5.74, 6) is -0.576. The molecule has 12 heteroatoms. The van der Waals surface area contributed by atoms with Gasteiger partial charge in [-0.1, -0.05) is 18.2 Å². The lowest BCUT2D eigenvalue weighted by Crippen LogP contribution is -2.53. The highest BCUT2D eigenvalue weighted by Crippen LogP contribution is 2.33. The number of ether oxygens (including phenoxy) is 1. The van der Waals surface area contributed by atoms with E-state index in [0.717, 1.165) is 17.4 Å². The number of morpholine rings is 1. The van der Waals surface area contributed by atoms with Crippen molar-refractivity contribution in [2.24, 2.45) is 0 Å². The number of quaternary nitrogens is 1. The molecule has 4 rings (SSSR count). The molecule has 2 aromatic heterocycles. The molecule has 1 N–H and O–H groups in total. The molecule has 0 unspecified atom stereocenters. The fourth-order valence-corrected chi connectivity index (χ4v) is 5.24. The zero-order valence-corrected chi connectivity index (χ0v) is 18.3. The normalized spacial score (nSPS) is 16.8. The van der Waals surface area contributed by atoms with Gasteiger partial charge in [0.15, 0.2) is 5.69 Å². The van der Waals surface area contributed by atoms with Crippen molar-refractivity contribution in [1.29, 1.82) is 0 Å². The molecule has 1 fully saturated rings. The van der Waals surface area contributed by atoms with Crippen LogP contribution in [0.15, 0.2) is 53.0 Å². The molecule has 1 saturated heterocycles. The molecule has 1 aliphatic heterocycles. The maximum Gasteiger partial charge on any atom is 0.433 e. The minimum atomic E-state index is -4.82. The molecule has 7 nitrogen and oxygen atoms in total. The van der Waals surface area contributed by atoms with Crippen molar-refractivity contribution in [3.63, 3.8) is 0 Å². The van der Waals surface area contributed by atoms with Crippen LogP contribution in [0, 0.1) is 0 Å². The molecule has 0 spiro atoms. The zero-order chi connectivity index (χ0) is 23.0. The number of nitrogens with zero attached hydrogens (tertiary/aromatic N) is 3. The minimum Gasteiger partial charge on any atom is -0.369 e. The van der Waals surface area contributed by atoms with E-state index in [1.54, 1.807) is 29.6 Å². The highest BCUT2D eigenvalue weighted by Gasteiger charge is 2.36. The summed E-state index contributed by atoms with van der Waals surface area (Å²) in [6.07, 6.45) is -4.82. The second kappa shape index (κ2) is 8.52. The number of hydrogen-bond acceptors (Lipinski definition) is 7. The Hall–Kier alpha value is -2.38. The molecule has 170 valence electrons. The lowest BCUT2D eigenvalue weighted by Gasteiger charge is -2.32. The van der Waals surface area contributed by atoms with Crippen molar-refractivity contribution >= 4 is 26.9 Å². The lowest BCUT2D eigenvalue weighted by atomic mass is 10.2. The van der Waals surface area contributed by atoms with Crippen molar-refractivity contribution in [3.8, 4) is 10.6 Å². The van der Waals surface area contributed by atoms with Crippen LogP contribution >= 0.6 is 11.3 Å². The monoisotopic (exact) mass is 486 g/mol. The molecule has 32 heavy (non-hydrogen) atoms. The van der Waals surface area contributed by atoms with Crippen LogP contribution in [0.25, 0.3) is 10.6 Å². The average Bonchev–Trinajstić information content (AvgIpc) is 3.28. The number of halogens is 3. The maximum atomic E-state index is 13.3. The third-order valence-electron chi connectivity index (χ3n) is 5.03. The number of sulfone groups is 1. The molecule has 3 heterocycles. The molecule has 1 aromatic carbocycles. The van der Waals surface area contributed by atoms with Crippen LogP contribution < -0.4 is 4.65 Å². The Morgan fingerprint density at radius 3 is 2.38 bits per heavy atom. The Morgan fingerprint density at radius 1 is 1.09 bits per heavy atom. The van der Waals surface area contributed by atoms with Crippen LogP contribution in [0.2, 0.25) is 0 Å². The zero-order valence-electron chi connectivity index (χ0n) is 16.6. The van der Waals surface area contributed by atoms with Crippen molar-refractivity contribution in [1.82, 2.24) is 14.6 Å². The molecule has 3 aromatic rings. The summed E-state index contributed by atoms with van der Waals surface area (Å²) in [6.45, 7) is 1.51. The number of aromatic nitrogens is 2. The van der Waals surface area contributed by atoms with Gasteiger partial charge in [-0.15, -0.1) is 16.0 Å². The number of benzene rings is 1. The maximum absolute atomic E-state index is 13.3. The van der Waals surface area contributed by atoms with E-state index in [4.69, 9.17) is 4.74 Å². The van der Waals surface area contributed by atoms with Gasteiger partial charge in [0.25, 0.3) is 0 Å². The van der Waals surface area contributed by atoms with Gasteiger partial charge in [0.05, 0.1) is 29.5 Å². The van der Waals surface area contributed by atoms with E-state index in [0.29, 0.717) is 42.4 Å².